The predicted molar refractivity (Wildman–Crippen MR) is 140 cm³/mol. The van der Waals surface area contributed by atoms with Gasteiger partial charge >= 0.3 is 0 Å². The number of para-hydroxylation sites is 1. The van der Waals surface area contributed by atoms with Gasteiger partial charge in [0.05, 0.1) is 13.7 Å². The number of nitrogens with one attached hydrogen (secondary N) is 1. The summed E-state index contributed by atoms with van der Waals surface area (Å²) in [4.78, 5) is 0. The molecule has 0 fully saturated rings. The van der Waals surface area contributed by atoms with E-state index in [0.717, 1.165) is 35.4 Å². The van der Waals surface area contributed by atoms with Crippen LogP contribution in [0.5, 0.6) is 11.5 Å². The Morgan fingerprint density at radius 3 is 2.24 bits per heavy atom. The van der Waals surface area contributed by atoms with Gasteiger partial charge < -0.3 is 19.9 Å². The Hall–Kier alpha value is -2.82. The van der Waals surface area contributed by atoms with Crippen molar-refractivity contribution in [2.24, 2.45) is 0 Å². The Morgan fingerprint density at radius 2 is 1.56 bits per heavy atom. The average molecular weight is 462 g/mol. The van der Waals surface area contributed by atoms with Crippen molar-refractivity contribution < 1.29 is 14.6 Å². The van der Waals surface area contributed by atoms with Crippen LogP contribution in [-0.4, -0.2) is 31.9 Å². The largest absolute Gasteiger partial charge is 0.496 e. The van der Waals surface area contributed by atoms with E-state index in [1.54, 1.807) is 7.11 Å². The number of aliphatic hydroxyl groups is 1. The number of benzene rings is 3. The van der Waals surface area contributed by atoms with Crippen molar-refractivity contribution >= 4 is 0 Å². The van der Waals surface area contributed by atoms with Crippen molar-refractivity contribution in [1.29, 1.82) is 0 Å². The van der Waals surface area contributed by atoms with E-state index in [4.69, 9.17) is 9.47 Å². The minimum atomic E-state index is -1.31. The molecule has 0 aliphatic carbocycles. The molecule has 0 unspecified atom stereocenters. The van der Waals surface area contributed by atoms with Gasteiger partial charge in [0.1, 0.15) is 17.1 Å². The maximum Gasteiger partial charge on any atom is 0.126 e. The zero-order chi connectivity index (χ0) is 24.2. The van der Waals surface area contributed by atoms with E-state index in [1.807, 2.05) is 73.7 Å². The van der Waals surface area contributed by atoms with Crippen LogP contribution >= 0.6 is 0 Å². The van der Waals surface area contributed by atoms with Crippen LogP contribution in [0.4, 0.5) is 0 Å². The molecule has 0 aliphatic heterocycles. The number of unbranched alkanes of at least 4 members (excludes halogenated alkanes) is 3. The van der Waals surface area contributed by atoms with Crippen LogP contribution in [0.3, 0.4) is 0 Å². The minimum Gasteiger partial charge on any atom is -0.496 e. The lowest BCUT2D eigenvalue weighted by Crippen LogP contribution is -2.41. The summed E-state index contributed by atoms with van der Waals surface area (Å²) < 4.78 is 11.4. The summed E-state index contributed by atoms with van der Waals surface area (Å²) >= 11 is 0. The molecule has 3 aromatic rings. The van der Waals surface area contributed by atoms with Gasteiger partial charge in [-0.15, -0.1) is 0 Å². The average Bonchev–Trinajstić information content (AvgIpc) is 2.89. The van der Waals surface area contributed by atoms with E-state index in [2.05, 4.69) is 24.4 Å². The Labute approximate surface area is 204 Å². The maximum absolute atomic E-state index is 12.7. The standard InChI is InChI=1S/C30H39NO3/c1-4-6-7-13-22-31-23-28(24-14-9-8-10-15-24)30(32,27-16-11-12-17-29(27)33-3)25-18-20-26(21-19-25)34-5-2/h8-12,14-21,28,31-32H,4-7,13,22-23H2,1-3H3/t28-,30+/m0/s1. The van der Waals surface area contributed by atoms with Crippen LogP contribution in [0.1, 0.15) is 62.1 Å². The summed E-state index contributed by atoms with van der Waals surface area (Å²) in [5, 5.41) is 16.3. The first-order chi connectivity index (χ1) is 16.6. The zero-order valence-electron chi connectivity index (χ0n) is 20.8. The Balaban J connectivity index is 2.06. The smallest absolute Gasteiger partial charge is 0.126 e. The summed E-state index contributed by atoms with van der Waals surface area (Å²) in [7, 11) is 1.65. The van der Waals surface area contributed by atoms with Gasteiger partial charge in [-0.1, -0.05) is 86.8 Å². The first-order valence-electron chi connectivity index (χ1n) is 12.5. The third kappa shape index (κ3) is 6.19. The van der Waals surface area contributed by atoms with Gasteiger partial charge in [0.15, 0.2) is 0 Å². The lowest BCUT2D eigenvalue weighted by Gasteiger charge is -2.39. The van der Waals surface area contributed by atoms with Crippen LogP contribution in [-0.2, 0) is 5.60 Å². The molecule has 0 saturated heterocycles. The topological polar surface area (TPSA) is 50.7 Å². The van der Waals surface area contributed by atoms with Gasteiger partial charge in [0.2, 0.25) is 0 Å². The molecule has 0 radical (unpaired) electrons. The van der Waals surface area contributed by atoms with Crippen molar-refractivity contribution in [1.82, 2.24) is 5.32 Å². The lowest BCUT2D eigenvalue weighted by molar-refractivity contribution is 0.0465. The fraction of sp³-hybridized carbons (Fsp3) is 0.400. The van der Waals surface area contributed by atoms with Gasteiger partial charge in [0, 0.05) is 18.0 Å². The fourth-order valence-electron chi connectivity index (χ4n) is 4.59. The van der Waals surface area contributed by atoms with Crippen molar-refractivity contribution in [3.05, 3.63) is 95.6 Å². The highest BCUT2D eigenvalue weighted by atomic mass is 16.5. The molecule has 0 spiro atoms. The molecule has 0 saturated carbocycles. The third-order valence-corrected chi connectivity index (χ3v) is 6.38. The number of rotatable bonds is 14. The van der Waals surface area contributed by atoms with E-state index >= 15 is 0 Å². The van der Waals surface area contributed by atoms with Crippen molar-refractivity contribution in [2.45, 2.75) is 51.0 Å². The van der Waals surface area contributed by atoms with Gasteiger partial charge in [-0.3, -0.25) is 0 Å². The van der Waals surface area contributed by atoms with Crippen LogP contribution < -0.4 is 14.8 Å². The molecule has 2 atom stereocenters. The molecule has 0 bridgehead atoms. The van der Waals surface area contributed by atoms with Crippen LogP contribution in [0.2, 0.25) is 0 Å². The van der Waals surface area contributed by atoms with Gasteiger partial charge in [-0.25, -0.2) is 0 Å². The maximum atomic E-state index is 12.7. The number of hydrogen-bond acceptors (Lipinski definition) is 4. The minimum absolute atomic E-state index is 0.228. The van der Waals surface area contributed by atoms with Crippen molar-refractivity contribution in [3.8, 4) is 11.5 Å². The van der Waals surface area contributed by atoms with E-state index in [-0.39, 0.29) is 5.92 Å². The Bertz CT molecular complexity index is 974. The molecule has 34 heavy (non-hydrogen) atoms. The van der Waals surface area contributed by atoms with Gasteiger partial charge in [0.25, 0.3) is 0 Å². The van der Waals surface area contributed by atoms with Gasteiger partial charge in [-0.05, 0) is 49.2 Å². The summed E-state index contributed by atoms with van der Waals surface area (Å²) in [6, 6.07) is 25.8. The highest BCUT2D eigenvalue weighted by Gasteiger charge is 2.43. The number of ether oxygens (including phenoxy) is 2. The Kier molecular flexibility index (Phi) is 9.99. The molecular weight excluding hydrogens is 422 g/mol. The molecule has 3 aromatic carbocycles. The predicted octanol–water partition coefficient (Wildman–Crippen LogP) is 6.28. The molecule has 4 heteroatoms. The molecule has 2 N–H and O–H groups in total. The third-order valence-electron chi connectivity index (χ3n) is 6.38. The van der Waals surface area contributed by atoms with E-state index in [1.165, 1.54) is 19.3 Å². The quantitative estimate of drug-likeness (QED) is 0.277. The first kappa shape index (κ1) is 25.8. The van der Waals surface area contributed by atoms with Crippen LogP contribution in [0.15, 0.2) is 78.9 Å². The van der Waals surface area contributed by atoms with E-state index in [0.29, 0.717) is 18.9 Å². The zero-order valence-corrected chi connectivity index (χ0v) is 20.8. The van der Waals surface area contributed by atoms with Gasteiger partial charge in [-0.2, -0.15) is 0 Å². The second-order valence-corrected chi connectivity index (χ2v) is 8.65. The summed E-state index contributed by atoms with van der Waals surface area (Å²) in [5.74, 6) is 1.23. The van der Waals surface area contributed by atoms with Crippen molar-refractivity contribution in [2.75, 3.05) is 26.8 Å². The molecule has 0 aromatic heterocycles. The summed E-state index contributed by atoms with van der Waals surface area (Å²) in [5.41, 5.74) is 1.33. The first-order valence-corrected chi connectivity index (χ1v) is 12.5. The SMILES string of the molecule is CCCCCCNC[C@@H](c1ccccc1)[C@@](O)(c1ccc(OCC)cc1)c1ccccc1OC. The highest BCUT2D eigenvalue weighted by molar-refractivity contribution is 5.49. The summed E-state index contributed by atoms with van der Waals surface area (Å²) in [6.45, 7) is 6.36. The van der Waals surface area contributed by atoms with Crippen LogP contribution in [0, 0.1) is 0 Å². The molecular formula is C30H39NO3. The molecule has 0 aliphatic rings. The van der Waals surface area contributed by atoms with Crippen LogP contribution in [0.25, 0.3) is 0 Å². The molecule has 0 amide bonds. The second-order valence-electron chi connectivity index (χ2n) is 8.65. The monoisotopic (exact) mass is 461 g/mol. The molecule has 4 nitrogen and oxygen atoms in total. The highest BCUT2D eigenvalue weighted by Crippen LogP contribution is 2.46. The lowest BCUT2D eigenvalue weighted by atomic mass is 9.72. The summed E-state index contributed by atoms with van der Waals surface area (Å²) in [6.07, 6.45) is 4.82. The number of methoxy groups -OCH3 is 1. The molecule has 0 heterocycles. The molecule has 3 rings (SSSR count). The normalized spacial score (nSPS) is 13.8. The van der Waals surface area contributed by atoms with E-state index < -0.39 is 5.60 Å². The number of hydrogen-bond donors (Lipinski definition) is 2. The Morgan fingerprint density at radius 1 is 0.853 bits per heavy atom. The second kappa shape index (κ2) is 13.2. The fourth-order valence-corrected chi connectivity index (χ4v) is 4.59. The van der Waals surface area contributed by atoms with Crippen molar-refractivity contribution in [3.63, 3.8) is 0 Å². The molecule has 182 valence electrons. The van der Waals surface area contributed by atoms with E-state index in [9.17, 15) is 5.11 Å².